The minimum absolute atomic E-state index is 0.417. The highest BCUT2D eigenvalue weighted by Crippen LogP contribution is 2.32. The highest BCUT2D eigenvalue weighted by molar-refractivity contribution is 6.33. The third-order valence-electron chi connectivity index (χ3n) is 1.84. The van der Waals surface area contributed by atoms with Crippen molar-refractivity contribution in [2.45, 2.75) is 24.8 Å². The molecule has 0 aromatic rings. The van der Waals surface area contributed by atoms with E-state index in [2.05, 4.69) is 0 Å². The summed E-state index contributed by atoms with van der Waals surface area (Å²) < 4.78 is 0. The van der Waals surface area contributed by atoms with Crippen LogP contribution in [0, 0.1) is 0 Å². The molecule has 1 rings (SSSR count). The van der Waals surface area contributed by atoms with Crippen molar-refractivity contribution in [2.24, 2.45) is 0 Å². The molecule has 0 saturated carbocycles. The molecule has 11 heavy (non-hydrogen) atoms. The molecule has 0 saturated heterocycles. The third kappa shape index (κ3) is 1.61. The molecule has 0 amide bonds. The molecule has 2 atom stereocenters. The van der Waals surface area contributed by atoms with Gasteiger partial charge in [0.2, 0.25) is 0 Å². The van der Waals surface area contributed by atoms with Crippen LogP contribution < -0.4 is 0 Å². The van der Waals surface area contributed by atoms with E-state index in [1.807, 2.05) is 6.92 Å². The molecule has 3 heteroatoms. The summed E-state index contributed by atoms with van der Waals surface area (Å²) in [6.07, 6.45) is 3.29. The summed E-state index contributed by atoms with van der Waals surface area (Å²) in [7, 11) is 0. The third-order valence-corrected chi connectivity index (χ3v) is 3.03. The molecule has 62 valence electrons. The fraction of sp³-hybridized carbons (Fsp3) is 0.500. The summed E-state index contributed by atoms with van der Waals surface area (Å²) in [4.78, 5) is 0. The zero-order chi connectivity index (χ0) is 8.65. The van der Waals surface area contributed by atoms with Crippen molar-refractivity contribution in [1.29, 1.82) is 0 Å². The predicted octanol–water partition coefficient (Wildman–Crippen LogP) is 2.43. The number of allylic oxidation sites excluding steroid dienone is 2. The predicted molar refractivity (Wildman–Crippen MR) is 48.0 cm³/mol. The van der Waals surface area contributed by atoms with Gasteiger partial charge in [0, 0.05) is 5.03 Å². The van der Waals surface area contributed by atoms with Crippen molar-refractivity contribution in [3.05, 3.63) is 22.8 Å². The molecular weight excluding hydrogens is 183 g/mol. The first-order valence-corrected chi connectivity index (χ1v) is 4.18. The van der Waals surface area contributed by atoms with Gasteiger partial charge < -0.3 is 5.11 Å². The molecule has 1 nitrogen and oxygen atoms in total. The smallest absolute Gasteiger partial charge is 0.100 e. The van der Waals surface area contributed by atoms with Crippen LogP contribution in [-0.4, -0.2) is 16.1 Å². The summed E-state index contributed by atoms with van der Waals surface area (Å²) in [5, 5.41) is 9.82. The molecule has 2 unspecified atom stereocenters. The summed E-state index contributed by atoms with van der Waals surface area (Å²) >= 11 is 11.7. The fourth-order valence-corrected chi connectivity index (χ4v) is 1.44. The van der Waals surface area contributed by atoms with E-state index in [1.165, 1.54) is 0 Å². The number of alkyl halides is 1. The second-order valence-electron chi connectivity index (χ2n) is 2.95. The summed E-state index contributed by atoms with van der Waals surface area (Å²) in [6.45, 7) is 3.48. The molecule has 0 fully saturated rings. The number of aliphatic hydroxyl groups is 1. The standard InChI is InChI=1S/C8H10Cl2O/c1-5-6(9)3-4-8(2,11)7(5)10/h3-4,7,11H,1-2H3. The second kappa shape index (κ2) is 2.81. The molecule has 1 N–H and O–H groups in total. The van der Waals surface area contributed by atoms with Crippen molar-refractivity contribution in [1.82, 2.24) is 0 Å². The van der Waals surface area contributed by atoms with Crippen LogP contribution in [-0.2, 0) is 0 Å². The summed E-state index contributed by atoms with van der Waals surface area (Å²) in [5.74, 6) is 0. The number of hydrogen-bond acceptors (Lipinski definition) is 1. The maximum Gasteiger partial charge on any atom is 0.100 e. The van der Waals surface area contributed by atoms with Gasteiger partial charge in [0.25, 0.3) is 0 Å². The molecule has 0 heterocycles. The van der Waals surface area contributed by atoms with E-state index in [0.29, 0.717) is 5.03 Å². The van der Waals surface area contributed by atoms with E-state index in [-0.39, 0.29) is 0 Å². The van der Waals surface area contributed by atoms with Crippen molar-refractivity contribution in [3.8, 4) is 0 Å². The Kier molecular flexibility index (Phi) is 2.33. The first kappa shape index (κ1) is 9.11. The molecular formula is C8H10Cl2O. The SMILES string of the molecule is CC1=C(Cl)C=CC(C)(O)C1Cl. The first-order chi connectivity index (χ1) is 4.95. The van der Waals surface area contributed by atoms with E-state index in [4.69, 9.17) is 23.2 Å². The molecule has 0 radical (unpaired) electrons. The van der Waals surface area contributed by atoms with Gasteiger partial charge in [-0.2, -0.15) is 0 Å². The average Bonchev–Trinajstić information content (AvgIpc) is 1.95. The van der Waals surface area contributed by atoms with Crippen LogP contribution >= 0.6 is 23.2 Å². The van der Waals surface area contributed by atoms with E-state index in [0.717, 1.165) is 5.57 Å². The Balaban J connectivity index is 3.01. The van der Waals surface area contributed by atoms with E-state index in [9.17, 15) is 5.11 Å². The van der Waals surface area contributed by atoms with Gasteiger partial charge in [-0.05, 0) is 25.5 Å². The zero-order valence-electron chi connectivity index (χ0n) is 6.44. The van der Waals surface area contributed by atoms with Gasteiger partial charge >= 0.3 is 0 Å². The Morgan fingerprint density at radius 3 is 2.64 bits per heavy atom. The van der Waals surface area contributed by atoms with Crippen LogP contribution in [0.2, 0.25) is 0 Å². The van der Waals surface area contributed by atoms with Crippen LogP contribution in [0.3, 0.4) is 0 Å². The summed E-state index contributed by atoms with van der Waals surface area (Å²) in [5.41, 5.74) is -0.148. The lowest BCUT2D eigenvalue weighted by molar-refractivity contribution is 0.114. The minimum Gasteiger partial charge on any atom is -0.384 e. The average molecular weight is 193 g/mol. The first-order valence-electron chi connectivity index (χ1n) is 3.37. The Bertz CT molecular complexity index is 228. The van der Waals surface area contributed by atoms with Gasteiger partial charge in [0.1, 0.15) is 5.60 Å². The molecule has 0 spiro atoms. The molecule has 0 aromatic carbocycles. The number of hydrogen-bond donors (Lipinski definition) is 1. The van der Waals surface area contributed by atoms with E-state index >= 15 is 0 Å². The quantitative estimate of drug-likeness (QED) is 0.585. The highest BCUT2D eigenvalue weighted by Gasteiger charge is 2.32. The van der Waals surface area contributed by atoms with Gasteiger partial charge in [-0.15, -0.1) is 11.6 Å². The van der Waals surface area contributed by atoms with Crippen molar-refractivity contribution < 1.29 is 5.11 Å². The molecule has 0 bridgehead atoms. The largest absolute Gasteiger partial charge is 0.384 e. The Morgan fingerprint density at radius 1 is 1.64 bits per heavy atom. The minimum atomic E-state index is -0.968. The molecule has 0 aromatic heterocycles. The van der Waals surface area contributed by atoms with Gasteiger partial charge in [-0.1, -0.05) is 17.7 Å². The van der Waals surface area contributed by atoms with Crippen molar-refractivity contribution in [3.63, 3.8) is 0 Å². The highest BCUT2D eigenvalue weighted by atomic mass is 35.5. The lowest BCUT2D eigenvalue weighted by Crippen LogP contribution is -2.36. The van der Waals surface area contributed by atoms with Crippen LogP contribution in [0.5, 0.6) is 0 Å². The Morgan fingerprint density at radius 2 is 2.18 bits per heavy atom. The molecule has 1 aliphatic rings. The Hall–Kier alpha value is 0.0200. The molecule has 1 aliphatic carbocycles. The van der Waals surface area contributed by atoms with E-state index in [1.54, 1.807) is 19.1 Å². The van der Waals surface area contributed by atoms with Crippen LogP contribution in [0.25, 0.3) is 0 Å². The van der Waals surface area contributed by atoms with Gasteiger partial charge in [0.15, 0.2) is 0 Å². The van der Waals surface area contributed by atoms with Crippen molar-refractivity contribution >= 4 is 23.2 Å². The van der Waals surface area contributed by atoms with Crippen LogP contribution in [0.1, 0.15) is 13.8 Å². The normalized spacial score (nSPS) is 38.1. The van der Waals surface area contributed by atoms with Crippen molar-refractivity contribution in [2.75, 3.05) is 0 Å². The lowest BCUT2D eigenvalue weighted by atomic mass is 9.92. The molecule has 0 aliphatic heterocycles. The number of rotatable bonds is 0. The van der Waals surface area contributed by atoms with E-state index < -0.39 is 11.0 Å². The van der Waals surface area contributed by atoms with Gasteiger partial charge in [0.05, 0.1) is 5.38 Å². The topological polar surface area (TPSA) is 20.2 Å². The summed E-state index contributed by atoms with van der Waals surface area (Å²) in [6, 6.07) is 0. The fourth-order valence-electron chi connectivity index (χ4n) is 1.02. The maximum atomic E-state index is 9.62. The van der Waals surface area contributed by atoms with Gasteiger partial charge in [-0.3, -0.25) is 0 Å². The second-order valence-corrected chi connectivity index (χ2v) is 3.80. The zero-order valence-corrected chi connectivity index (χ0v) is 7.95. The lowest BCUT2D eigenvalue weighted by Gasteiger charge is -2.29. The monoisotopic (exact) mass is 192 g/mol. The Labute approximate surface area is 76.3 Å². The number of halogens is 2. The maximum absolute atomic E-state index is 9.62. The van der Waals surface area contributed by atoms with Crippen LogP contribution in [0.4, 0.5) is 0 Å². The van der Waals surface area contributed by atoms with Crippen LogP contribution in [0.15, 0.2) is 22.8 Å². The van der Waals surface area contributed by atoms with Gasteiger partial charge in [-0.25, -0.2) is 0 Å².